The first-order chi connectivity index (χ1) is 9.61. The van der Waals surface area contributed by atoms with Gasteiger partial charge in [0.1, 0.15) is 6.04 Å². The normalized spacial score (nSPS) is 24.7. The Balaban J connectivity index is 2.63. The third kappa shape index (κ3) is 5.55. The molecule has 0 unspecified atom stereocenters. The number of aliphatic carboxylic acids is 1. The highest BCUT2D eigenvalue weighted by Crippen LogP contribution is 2.39. The summed E-state index contributed by atoms with van der Waals surface area (Å²) in [4.78, 5) is 23.1. The Kier molecular flexibility index (Phi) is 6.04. The van der Waals surface area contributed by atoms with Crippen LogP contribution in [-0.2, 0) is 9.59 Å². The quantitative estimate of drug-likeness (QED) is 0.820. The predicted octanol–water partition coefficient (Wildman–Crippen LogP) is 2.97. The van der Waals surface area contributed by atoms with Crippen LogP contribution in [0.3, 0.4) is 0 Å². The fourth-order valence-electron chi connectivity index (χ4n) is 2.71. The molecule has 3 atom stereocenters. The lowest BCUT2D eigenvalue weighted by Crippen LogP contribution is -2.46. The summed E-state index contributed by atoms with van der Waals surface area (Å²) in [6.45, 7) is 3.64. The highest BCUT2D eigenvalue weighted by Gasteiger charge is 2.43. The van der Waals surface area contributed by atoms with Crippen molar-refractivity contribution in [2.45, 2.75) is 58.2 Å². The Morgan fingerprint density at radius 3 is 2.38 bits per heavy atom. The van der Waals surface area contributed by atoms with Crippen LogP contribution in [-0.4, -0.2) is 29.2 Å². The summed E-state index contributed by atoms with van der Waals surface area (Å²) in [5, 5.41) is 11.4. The SMILES string of the molecule is CC(C)C[C@H](NC(=O)[C@H]1CCC[C@H](C(F)(F)F)C1)C(=O)O. The van der Waals surface area contributed by atoms with Crippen LogP contribution in [0, 0.1) is 17.8 Å². The van der Waals surface area contributed by atoms with Crippen LogP contribution >= 0.6 is 0 Å². The molecule has 7 heteroatoms. The minimum atomic E-state index is -4.29. The summed E-state index contributed by atoms with van der Waals surface area (Å²) < 4.78 is 38.1. The number of carbonyl (C=O) groups excluding carboxylic acids is 1. The predicted molar refractivity (Wildman–Crippen MR) is 70.5 cm³/mol. The zero-order valence-electron chi connectivity index (χ0n) is 12.2. The average molecular weight is 309 g/mol. The zero-order chi connectivity index (χ0) is 16.2. The van der Waals surface area contributed by atoms with E-state index in [1.54, 1.807) is 0 Å². The summed E-state index contributed by atoms with van der Waals surface area (Å²) in [5.41, 5.74) is 0. The number of carbonyl (C=O) groups is 2. The van der Waals surface area contributed by atoms with Gasteiger partial charge in [0.15, 0.2) is 0 Å². The molecule has 0 aromatic heterocycles. The Morgan fingerprint density at radius 2 is 1.90 bits per heavy atom. The molecule has 0 aromatic carbocycles. The molecule has 1 aliphatic carbocycles. The molecule has 0 saturated heterocycles. The van der Waals surface area contributed by atoms with Crippen molar-refractivity contribution >= 4 is 11.9 Å². The van der Waals surface area contributed by atoms with E-state index in [1.165, 1.54) is 0 Å². The van der Waals surface area contributed by atoms with Crippen molar-refractivity contribution in [2.75, 3.05) is 0 Å². The number of halogens is 3. The van der Waals surface area contributed by atoms with E-state index in [0.29, 0.717) is 12.8 Å². The zero-order valence-corrected chi connectivity index (χ0v) is 12.2. The van der Waals surface area contributed by atoms with Crippen LogP contribution < -0.4 is 5.32 Å². The van der Waals surface area contributed by atoms with Gasteiger partial charge in [-0.3, -0.25) is 4.79 Å². The van der Waals surface area contributed by atoms with Crippen molar-refractivity contribution in [3.63, 3.8) is 0 Å². The van der Waals surface area contributed by atoms with E-state index in [0.717, 1.165) is 0 Å². The van der Waals surface area contributed by atoms with Gasteiger partial charge >= 0.3 is 12.1 Å². The van der Waals surface area contributed by atoms with Crippen molar-refractivity contribution in [1.82, 2.24) is 5.32 Å². The average Bonchev–Trinajstić information content (AvgIpc) is 2.36. The maximum atomic E-state index is 12.7. The third-order valence-corrected chi connectivity index (χ3v) is 3.83. The van der Waals surface area contributed by atoms with Gasteiger partial charge in [0.2, 0.25) is 5.91 Å². The summed E-state index contributed by atoms with van der Waals surface area (Å²) in [6.07, 6.45) is -3.51. The van der Waals surface area contributed by atoms with Crippen molar-refractivity contribution < 1.29 is 27.9 Å². The Bertz CT molecular complexity index is 382. The molecule has 1 rings (SSSR count). The molecule has 0 heterocycles. The fourth-order valence-corrected chi connectivity index (χ4v) is 2.71. The third-order valence-electron chi connectivity index (χ3n) is 3.83. The van der Waals surface area contributed by atoms with Crippen molar-refractivity contribution in [3.05, 3.63) is 0 Å². The van der Waals surface area contributed by atoms with Crippen molar-refractivity contribution in [1.29, 1.82) is 0 Å². The van der Waals surface area contributed by atoms with Gasteiger partial charge in [0.25, 0.3) is 0 Å². The smallest absolute Gasteiger partial charge is 0.391 e. The lowest BCUT2D eigenvalue weighted by Gasteiger charge is -2.30. The summed E-state index contributed by atoms with van der Waals surface area (Å²) in [7, 11) is 0. The van der Waals surface area contributed by atoms with Gasteiger partial charge in [-0.1, -0.05) is 20.3 Å². The van der Waals surface area contributed by atoms with E-state index in [-0.39, 0.29) is 25.2 Å². The highest BCUT2D eigenvalue weighted by atomic mass is 19.4. The molecule has 122 valence electrons. The van der Waals surface area contributed by atoms with Crippen LogP contribution in [0.25, 0.3) is 0 Å². The Labute approximate surface area is 122 Å². The standard InChI is InChI=1S/C14H22F3NO3/c1-8(2)6-11(13(20)21)18-12(19)9-4-3-5-10(7-9)14(15,16)17/h8-11H,3-7H2,1-2H3,(H,18,19)(H,20,21)/t9-,10-,11-/m0/s1. The number of amides is 1. The van der Waals surface area contributed by atoms with Crippen molar-refractivity contribution in [3.8, 4) is 0 Å². The molecule has 21 heavy (non-hydrogen) atoms. The number of alkyl halides is 3. The summed E-state index contributed by atoms with van der Waals surface area (Å²) in [6, 6.07) is -1.04. The fraction of sp³-hybridized carbons (Fsp3) is 0.857. The van der Waals surface area contributed by atoms with E-state index in [2.05, 4.69) is 5.32 Å². The topological polar surface area (TPSA) is 66.4 Å². The van der Waals surface area contributed by atoms with Crippen LogP contribution in [0.2, 0.25) is 0 Å². The monoisotopic (exact) mass is 309 g/mol. The lowest BCUT2D eigenvalue weighted by molar-refractivity contribution is -0.186. The molecule has 1 saturated carbocycles. The molecule has 0 bridgehead atoms. The molecule has 0 radical (unpaired) electrons. The first-order valence-corrected chi connectivity index (χ1v) is 7.21. The van der Waals surface area contributed by atoms with E-state index in [1.807, 2.05) is 13.8 Å². The number of hydrogen-bond donors (Lipinski definition) is 2. The van der Waals surface area contributed by atoms with E-state index >= 15 is 0 Å². The minimum absolute atomic E-state index is 0.0433. The van der Waals surface area contributed by atoms with Gasteiger partial charge in [-0.25, -0.2) is 4.79 Å². The summed E-state index contributed by atoms with van der Waals surface area (Å²) in [5.74, 6) is -3.87. The van der Waals surface area contributed by atoms with E-state index in [9.17, 15) is 22.8 Å². The number of carboxylic acids is 1. The Morgan fingerprint density at radius 1 is 1.29 bits per heavy atom. The maximum Gasteiger partial charge on any atom is 0.391 e. The molecule has 1 fully saturated rings. The van der Waals surface area contributed by atoms with Crippen molar-refractivity contribution in [2.24, 2.45) is 17.8 Å². The van der Waals surface area contributed by atoms with Crippen LogP contribution in [0.1, 0.15) is 46.0 Å². The van der Waals surface area contributed by atoms with Gasteiger partial charge in [-0.2, -0.15) is 13.2 Å². The first kappa shape index (κ1) is 17.8. The largest absolute Gasteiger partial charge is 0.480 e. The van der Waals surface area contributed by atoms with Crippen LogP contribution in [0.4, 0.5) is 13.2 Å². The first-order valence-electron chi connectivity index (χ1n) is 7.21. The van der Waals surface area contributed by atoms with Gasteiger partial charge in [-0.15, -0.1) is 0 Å². The van der Waals surface area contributed by atoms with Gasteiger partial charge in [-0.05, 0) is 31.6 Å². The minimum Gasteiger partial charge on any atom is -0.480 e. The molecule has 2 N–H and O–H groups in total. The molecule has 4 nitrogen and oxygen atoms in total. The van der Waals surface area contributed by atoms with E-state index < -0.39 is 35.9 Å². The number of carboxylic acid groups (broad SMARTS) is 1. The summed E-state index contributed by atoms with van der Waals surface area (Å²) >= 11 is 0. The molecule has 1 amide bonds. The molecule has 1 aliphatic rings. The highest BCUT2D eigenvalue weighted by molar-refractivity contribution is 5.85. The second-order valence-corrected chi connectivity index (χ2v) is 6.13. The lowest BCUT2D eigenvalue weighted by atomic mass is 9.80. The molecule has 0 spiro atoms. The van der Waals surface area contributed by atoms with Gasteiger partial charge in [0, 0.05) is 5.92 Å². The van der Waals surface area contributed by atoms with Crippen LogP contribution in [0.15, 0.2) is 0 Å². The Hall–Kier alpha value is -1.27. The molecular weight excluding hydrogens is 287 g/mol. The maximum absolute atomic E-state index is 12.7. The van der Waals surface area contributed by atoms with Crippen LogP contribution in [0.5, 0.6) is 0 Å². The number of rotatable bonds is 5. The number of hydrogen-bond acceptors (Lipinski definition) is 2. The molecule has 0 aliphatic heterocycles. The van der Waals surface area contributed by atoms with Gasteiger partial charge in [0.05, 0.1) is 5.92 Å². The second kappa shape index (κ2) is 7.13. The number of nitrogens with one attached hydrogen (secondary N) is 1. The van der Waals surface area contributed by atoms with Gasteiger partial charge < -0.3 is 10.4 Å². The molecular formula is C14H22F3NO3. The molecule has 0 aromatic rings. The second-order valence-electron chi connectivity index (χ2n) is 6.13. The van der Waals surface area contributed by atoms with E-state index in [4.69, 9.17) is 5.11 Å².